The van der Waals surface area contributed by atoms with Gasteiger partial charge < -0.3 is 20.3 Å². The summed E-state index contributed by atoms with van der Waals surface area (Å²) in [5, 5.41) is -0.135. The first-order valence-electron chi connectivity index (χ1n) is 11.1. The molecule has 2 N–H and O–H groups in total. The van der Waals surface area contributed by atoms with Gasteiger partial charge in [-0.1, -0.05) is 0 Å². The molecule has 0 aromatic carbocycles. The summed E-state index contributed by atoms with van der Waals surface area (Å²) in [6.45, 7) is 6.35. The smallest absolute Gasteiger partial charge is 0.410 e. The molecule has 172 valence electrons. The number of ether oxygens (including phenoxy) is 1. The minimum absolute atomic E-state index is 0.135. The second kappa shape index (κ2) is 7.86. The molecule has 4 aliphatic heterocycles. The van der Waals surface area contributed by atoms with Crippen molar-refractivity contribution in [2.24, 2.45) is 5.73 Å². The number of carbonyl (C=O) groups is 4. The third-order valence-corrected chi connectivity index (χ3v) is 8.02. The van der Waals surface area contributed by atoms with Crippen LogP contribution in [-0.2, 0) is 19.1 Å². The number of hydrogen-bond donors (Lipinski definition) is 1. The van der Waals surface area contributed by atoms with E-state index in [1.165, 1.54) is 4.90 Å². The fourth-order valence-electron chi connectivity index (χ4n) is 5.36. The molecule has 0 aliphatic carbocycles. The molecule has 0 bridgehead atoms. The van der Waals surface area contributed by atoms with Gasteiger partial charge in [0.1, 0.15) is 23.2 Å². The van der Waals surface area contributed by atoms with E-state index in [9.17, 15) is 19.2 Å². The summed E-state index contributed by atoms with van der Waals surface area (Å²) in [5.41, 5.74) is 3.96. The number of carbonyl (C=O) groups excluding carboxylic acids is 4. The van der Waals surface area contributed by atoms with Crippen LogP contribution >= 0.6 is 11.8 Å². The second-order valence-corrected chi connectivity index (χ2v) is 11.1. The van der Waals surface area contributed by atoms with Gasteiger partial charge in [0.15, 0.2) is 0 Å². The summed E-state index contributed by atoms with van der Waals surface area (Å²) in [4.78, 5) is 56.8. The van der Waals surface area contributed by atoms with Crippen LogP contribution in [0.1, 0.15) is 59.3 Å². The molecular weight excluding hydrogens is 420 g/mol. The van der Waals surface area contributed by atoms with Gasteiger partial charge in [0.05, 0.1) is 5.37 Å². The maximum absolute atomic E-state index is 13.7. The zero-order valence-corrected chi connectivity index (χ0v) is 19.3. The number of nitrogens with two attached hydrogens (primary N) is 1. The summed E-state index contributed by atoms with van der Waals surface area (Å²) in [6, 6.07) is -1.24. The molecule has 10 heteroatoms. The Bertz CT molecular complexity index is 799. The molecule has 1 spiro atoms. The summed E-state index contributed by atoms with van der Waals surface area (Å²) in [7, 11) is 0. The van der Waals surface area contributed by atoms with Crippen molar-refractivity contribution in [1.29, 1.82) is 0 Å². The van der Waals surface area contributed by atoms with E-state index in [-0.39, 0.29) is 17.2 Å². The van der Waals surface area contributed by atoms with Gasteiger partial charge in [-0.15, -0.1) is 11.8 Å². The molecule has 9 nitrogen and oxygen atoms in total. The number of likely N-dealkylation sites (tertiary alicyclic amines) is 2. The number of hydrogen-bond acceptors (Lipinski definition) is 6. The lowest BCUT2D eigenvalue weighted by molar-refractivity contribution is -0.155. The quantitative estimate of drug-likeness (QED) is 0.676. The highest BCUT2D eigenvalue weighted by Gasteiger charge is 2.62. The fourth-order valence-corrected chi connectivity index (χ4v) is 6.89. The average Bonchev–Trinajstić information content (AvgIpc) is 3.37. The SMILES string of the molecule is CC(C)(C)OC(=O)N1CCC[C@H]1C(=O)N1CCCC[C@]12C[C@H]1SC[C@H](C(N)=O)N1C2=O. The predicted molar refractivity (Wildman–Crippen MR) is 115 cm³/mol. The predicted octanol–water partition coefficient (Wildman–Crippen LogP) is 1.30. The Morgan fingerprint density at radius 2 is 1.87 bits per heavy atom. The molecule has 4 saturated heterocycles. The third-order valence-electron chi connectivity index (χ3n) is 6.74. The summed E-state index contributed by atoms with van der Waals surface area (Å²) < 4.78 is 5.51. The van der Waals surface area contributed by atoms with Crippen molar-refractivity contribution in [2.45, 2.75) is 87.9 Å². The largest absolute Gasteiger partial charge is 0.444 e. The van der Waals surface area contributed by atoms with E-state index in [0.29, 0.717) is 38.1 Å². The molecule has 4 heterocycles. The molecule has 0 radical (unpaired) electrons. The molecule has 0 saturated carbocycles. The van der Waals surface area contributed by atoms with E-state index >= 15 is 0 Å². The number of nitrogens with zero attached hydrogens (tertiary/aromatic N) is 3. The molecule has 31 heavy (non-hydrogen) atoms. The monoisotopic (exact) mass is 452 g/mol. The zero-order chi connectivity index (χ0) is 22.6. The second-order valence-electron chi connectivity index (χ2n) is 9.93. The van der Waals surface area contributed by atoms with Crippen molar-refractivity contribution in [3.8, 4) is 0 Å². The molecular formula is C21H32N4O5S. The molecule has 0 aromatic heterocycles. The van der Waals surface area contributed by atoms with E-state index in [0.717, 1.165) is 19.3 Å². The summed E-state index contributed by atoms with van der Waals surface area (Å²) >= 11 is 1.56. The maximum atomic E-state index is 13.7. The van der Waals surface area contributed by atoms with Crippen molar-refractivity contribution in [3.63, 3.8) is 0 Å². The van der Waals surface area contributed by atoms with Crippen LogP contribution in [0, 0.1) is 0 Å². The Kier molecular flexibility index (Phi) is 5.64. The van der Waals surface area contributed by atoms with E-state index < -0.39 is 35.2 Å². The normalized spacial score (nSPS) is 33.2. The van der Waals surface area contributed by atoms with Crippen LogP contribution in [0.2, 0.25) is 0 Å². The third kappa shape index (κ3) is 3.76. The molecule has 0 aromatic rings. The van der Waals surface area contributed by atoms with Crippen LogP contribution in [0.4, 0.5) is 4.79 Å². The van der Waals surface area contributed by atoms with Crippen molar-refractivity contribution in [3.05, 3.63) is 0 Å². The Balaban J connectivity index is 1.58. The lowest BCUT2D eigenvalue weighted by atomic mass is 9.84. The standard InChI is InChI=1S/C21H32N4O5S/c1-20(2,3)30-19(29)23-9-6-7-13(23)17(27)24-10-5-4-8-21(24)11-15-25(18(21)28)14(12-31-15)16(22)26/h13-15H,4-12H2,1-3H3,(H2,22,26)/t13-,14+,15+,21+/m0/s1. The highest BCUT2D eigenvalue weighted by Crippen LogP contribution is 2.48. The Morgan fingerprint density at radius 3 is 2.55 bits per heavy atom. The average molecular weight is 453 g/mol. The van der Waals surface area contributed by atoms with Crippen LogP contribution in [-0.4, -0.2) is 86.0 Å². The lowest BCUT2D eigenvalue weighted by Crippen LogP contribution is -2.63. The lowest BCUT2D eigenvalue weighted by Gasteiger charge is -2.45. The van der Waals surface area contributed by atoms with Gasteiger partial charge in [-0.3, -0.25) is 19.3 Å². The number of thioether (sulfide) groups is 1. The highest BCUT2D eigenvalue weighted by atomic mass is 32.2. The first kappa shape index (κ1) is 22.2. The summed E-state index contributed by atoms with van der Waals surface area (Å²) in [5.74, 6) is -0.342. The van der Waals surface area contributed by atoms with Crippen molar-refractivity contribution in [1.82, 2.24) is 14.7 Å². The van der Waals surface area contributed by atoms with Gasteiger partial charge in [-0.05, 0) is 52.9 Å². The van der Waals surface area contributed by atoms with Gasteiger partial charge in [0, 0.05) is 25.3 Å². The molecule has 4 amide bonds. The van der Waals surface area contributed by atoms with Crippen LogP contribution in [0.5, 0.6) is 0 Å². The van der Waals surface area contributed by atoms with Gasteiger partial charge >= 0.3 is 6.09 Å². The maximum Gasteiger partial charge on any atom is 0.410 e. The van der Waals surface area contributed by atoms with E-state index in [4.69, 9.17) is 10.5 Å². The van der Waals surface area contributed by atoms with Gasteiger partial charge in [-0.25, -0.2) is 4.79 Å². The summed E-state index contributed by atoms with van der Waals surface area (Å²) in [6.07, 6.45) is 3.54. The highest BCUT2D eigenvalue weighted by molar-refractivity contribution is 8.00. The Hall–Kier alpha value is -1.97. The van der Waals surface area contributed by atoms with Crippen LogP contribution in [0.25, 0.3) is 0 Å². The topological polar surface area (TPSA) is 113 Å². The van der Waals surface area contributed by atoms with Gasteiger partial charge in [0.25, 0.3) is 0 Å². The van der Waals surface area contributed by atoms with E-state index in [1.54, 1.807) is 42.3 Å². The van der Waals surface area contributed by atoms with Gasteiger partial charge in [0.2, 0.25) is 17.7 Å². The minimum atomic E-state index is -0.941. The first-order chi connectivity index (χ1) is 14.5. The number of primary amides is 1. The Labute approximate surface area is 187 Å². The first-order valence-corrected chi connectivity index (χ1v) is 12.1. The molecule has 0 unspecified atom stereocenters. The molecule has 4 fully saturated rings. The van der Waals surface area contributed by atoms with Crippen molar-refractivity contribution < 1.29 is 23.9 Å². The van der Waals surface area contributed by atoms with Crippen molar-refractivity contribution in [2.75, 3.05) is 18.8 Å². The fraction of sp³-hybridized carbons (Fsp3) is 0.810. The van der Waals surface area contributed by atoms with Crippen molar-refractivity contribution >= 4 is 35.6 Å². The van der Waals surface area contributed by atoms with Gasteiger partial charge in [-0.2, -0.15) is 0 Å². The van der Waals surface area contributed by atoms with E-state index in [1.807, 2.05) is 0 Å². The van der Waals surface area contributed by atoms with Crippen LogP contribution < -0.4 is 5.73 Å². The minimum Gasteiger partial charge on any atom is -0.444 e. The number of rotatable bonds is 2. The van der Waals surface area contributed by atoms with E-state index in [2.05, 4.69) is 0 Å². The molecule has 4 atom stereocenters. The zero-order valence-electron chi connectivity index (χ0n) is 18.5. The number of fused-ring (bicyclic) bond motifs is 1. The Morgan fingerprint density at radius 1 is 1.13 bits per heavy atom. The molecule has 4 rings (SSSR count). The number of amides is 4. The molecule has 4 aliphatic rings. The van der Waals surface area contributed by atoms with Crippen LogP contribution in [0.15, 0.2) is 0 Å². The van der Waals surface area contributed by atoms with Crippen LogP contribution in [0.3, 0.4) is 0 Å². The number of piperidine rings is 1.